The van der Waals surface area contributed by atoms with Crippen molar-refractivity contribution in [3.05, 3.63) is 58.6 Å². The van der Waals surface area contributed by atoms with Crippen molar-refractivity contribution in [1.29, 1.82) is 0 Å². The number of hydrogen-bond acceptors (Lipinski definition) is 2. The monoisotopic (exact) mass is 330 g/mol. The lowest BCUT2D eigenvalue weighted by Crippen LogP contribution is -2.12. The summed E-state index contributed by atoms with van der Waals surface area (Å²) < 4.78 is 38.3. The Morgan fingerprint density at radius 1 is 1.14 bits per heavy atom. The van der Waals surface area contributed by atoms with Crippen LogP contribution in [0.4, 0.5) is 13.2 Å². The molecule has 0 radical (unpaired) electrons. The quantitative estimate of drug-likeness (QED) is 0.889. The molecule has 0 heterocycles. The van der Waals surface area contributed by atoms with Crippen LogP contribution < -0.4 is 0 Å². The van der Waals surface area contributed by atoms with Gasteiger partial charge in [0.05, 0.1) is 5.56 Å². The summed E-state index contributed by atoms with van der Waals surface area (Å²) >= 11 is 5.83. The van der Waals surface area contributed by atoms with E-state index < -0.39 is 23.8 Å². The zero-order valence-corrected chi connectivity index (χ0v) is 11.7. The number of carboxylic acid groups (broad SMARTS) is 1. The second-order valence-electron chi connectivity index (χ2n) is 4.55. The largest absolute Gasteiger partial charge is 0.479 e. The molecule has 2 aromatic rings. The van der Waals surface area contributed by atoms with Gasteiger partial charge in [0.15, 0.2) is 6.10 Å². The molecule has 0 aliphatic carbocycles. The number of alkyl halides is 3. The minimum atomic E-state index is -4.53. The molecule has 0 saturated carbocycles. The molecule has 116 valence electrons. The van der Waals surface area contributed by atoms with Crippen molar-refractivity contribution in [1.82, 2.24) is 0 Å². The van der Waals surface area contributed by atoms with Gasteiger partial charge in [-0.1, -0.05) is 29.8 Å². The third-order valence-corrected chi connectivity index (χ3v) is 3.28. The Balaban J connectivity index is 2.62. The van der Waals surface area contributed by atoms with Crippen LogP contribution in [0.1, 0.15) is 17.2 Å². The summed E-state index contributed by atoms with van der Waals surface area (Å²) in [5.74, 6) is -1.50. The number of rotatable bonds is 3. The van der Waals surface area contributed by atoms with Crippen molar-refractivity contribution >= 4 is 17.6 Å². The van der Waals surface area contributed by atoms with Crippen molar-refractivity contribution in [2.75, 3.05) is 0 Å². The first-order valence-electron chi connectivity index (χ1n) is 6.08. The van der Waals surface area contributed by atoms with E-state index in [9.17, 15) is 23.1 Å². The van der Waals surface area contributed by atoms with E-state index in [1.165, 1.54) is 30.3 Å². The van der Waals surface area contributed by atoms with Crippen LogP contribution in [0.3, 0.4) is 0 Å². The number of carbonyl (C=O) groups is 1. The van der Waals surface area contributed by atoms with Crippen LogP contribution in [0.25, 0.3) is 11.1 Å². The molecule has 2 rings (SSSR count). The predicted molar refractivity (Wildman–Crippen MR) is 74.5 cm³/mol. The van der Waals surface area contributed by atoms with Gasteiger partial charge in [-0.2, -0.15) is 13.2 Å². The molecule has 0 bridgehead atoms. The SMILES string of the molecule is O=C(O)C(O)c1ccc(Cl)cc1-c1cccc(C(F)(F)F)c1. The smallest absolute Gasteiger partial charge is 0.416 e. The molecule has 0 saturated heterocycles. The van der Waals surface area contributed by atoms with Gasteiger partial charge in [-0.05, 0) is 41.0 Å². The van der Waals surface area contributed by atoms with Crippen LogP contribution in [-0.4, -0.2) is 16.2 Å². The molecule has 3 nitrogen and oxygen atoms in total. The maximum atomic E-state index is 12.8. The highest BCUT2D eigenvalue weighted by molar-refractivity contribution is 6.30. The number of carboxylic acids is 1. The maximum absolute atomic E-state index is 12.8. The fraction of sp³-hybridized carbons (Fsp3) is 0.133. The Bertz CT molecular complexity index is 713. The topological polar surface area (TPSA) is 57.5 Å². The number of halogens is 4. The van der Waals surface area contributed by atoms with Gasteiger partial charge in [0.1, 0.15) is 0 Å². The lowest BCUT2D eigenvalue weighted by molar-refractivity contribution is -0.147. The van der Waals surface area contributed by atoms with E-state index in [1.54, 1.807) is 0 Å². The summed E-state index contributed by atoms with van der Waals surface area (Å²) in [7, 11) is 0. The predicted octanol–water partition coefficient (Wildman–Crippen LogP) is 4.14. The Hall–Kier alpha value is -2.05. The van der Waals surface area contributed by atoms with Gasteiger partial charge in [-0.25, -0.2) is 4.79 Å². The Morgan fingerprint density at radius 2 is 1.82 bits per heavy atom. The van der Waals surface area contributed by atoms with Crippen LogP contribution in [0.2, 0.25) is 5.02 Å². The highest BCUT2D eigenvalue weighted by Gasteiger charge is 2.31. The minimum absolute atomic E-state index is 0.0313. The van der Waals surface area contributed by atoms with E-state index in [1.807, 2.05) is 0 Å². The molecule has 0 aliphatic heterocycles. The van der Waals surface area contributed by atoms with E-state index in [-0.39, 0.29) is 21.7 Å². The Morgan fingerprint density at radius 3 is 2.41 bits per heavy atom. The molecule has 2 aromatic carbocycles. The minimum Gasteiger partial charge on any atom is -0.479 e. The third kappa shape index (κ3) is 3.40. The van der Waals surface area contributed by atoms with Crippen LogP contribution in [0.5, 0.6) is 0 Å². The number of benzene rings is 2. The zero-order chi connectivity index (χ0) is 16.5. The van der Waals surface area contributed by atoms with Gasteiger partial charge in [0.25, 0.3) is 0 Å². The summed E-state index contributed by atoms with van der Waals surface area (Å²) in [6.45, 7) is 0. The van der Waals surface area contributed by atoms with E-state index in [2.05, 4.69) is 0 Å². The summed E-state index contributed by atoms with van der Waals surface area (Å²) in [5.41, 5.74) is -0.655. The van der Waals surface area contributed by atoms with Crippen LogP contribution in [-0.2, 0) is 11.0 Å². The normalized spacial score (nSPS) is 13.0. The molecule has 1 atom stereocenters. The van der Waals surface area contributed by atoms with Crippen molar-refractivity contribution in [2.45, 2.75) is 12.3 Å². The van der Waals surface area contributed by atoms with Gasteiger partial charge in [-0.15, -0.1) is 0 Å². The van der Waals surface area contributed by atoms with E-state index in [4.69, 9.17) is 16.7 Å². The van der Waals surface area contributed by atoms with Gasteiger partial charge in [0.2, 0.25) is 0 Å². The summed E-state index contributed by atoms with van der Waals surface area (Å²) in [4.78, 5) is 10.9. The number of aliphatic hydroxyl groups excluding tert-OH is 1. The molecule has 22 heavy (non-hydrogen) atoms. The van der Waals surface area contributed by atoms with Crippen LogP contribution >= 0.6 is 11.6 Å². The molecular formula is C15H10ClF3O3. The first-order valence-corrected chi connectivity index (χ1v) is 6.46. The lowest BCUT2D eigenvalue weighted by Gasteiger charge is -2.15. The first-order chi connectivity index (χ1) is 10.2. The number of aliphatic hydroxyl groups is 1. The fourth-order valence-electron chi connectivity index (χ4n) is 2.01. The van der Waals surface area contributed by atoms with E-state index in [0.29, 0.717) is 0 Å². The van der Waals surface area contributed by atoms with E-state index >= 15 is 0 Å². The number of aliphatic carboxylic acids is 1. The Kier molecular flexibility index (Phi) is 4.44. The summed E-state index contributed by atoms with van der Waals surface area (Å²) in [5, 5.41) is 18.8. The van der Waals surface area contributed by atoms with Crippen molar-refractivity contribution < 1.29 is 28.2 Å². The second-order valence-corrected chi connectivity index (χ2v) is 4.99. The molecule has 1 unspecified atom stereocenters. The first kappa shape index (κ1) is 16.3. The average Bonchev–Trinajstić information content (AvgIpc) is 2.45. The summed E-state index contributed by atoms with van der Waals surface area (Å²) in [6, 6.07) is 8.33. The molecule has 2 N–H and O–H groups in total. The third-order valence-electron chi connectivity index (χ3n) is 3.04. The van der Waals surface area contributed by atoms with E-state index in [0.717, 1.165) is 12.1 Å². The van der Waals surface area contributed by atoms with Crippen LogP contribution in [0.15, 0.2) is 42.5 Å². The maximum Gasteiger partial charge on any atom is 0.416 e. The molecule has 7 heteroatoms. The van der Waals surface area contributed by atoms with Crippen molar-refractivity contribution in [3.8, 4) is 11.1 Å². The molecule has 0 fully saturated rings. The lowest BCUT2D eigenvalue weighted by atomic mass is 9.95. The van der Waals surface area contributed by atoms with Gasteiger partial charge in [0, 0.05) is 5.02 Å². The second kappa shape index (κ2) is 5.98. The molecule has 0 amide bonds. The number of hydrogen-bond donors (Lipinski definition) is 2. The molecular weight excluding hydrogens is 321 g/mol. The molecule has 0 spiro atoms. The van der Waals surface area contributed by atoms with Gasteiger partial charge in [-0.3, -0.25) is 0 Å². The molecule has 0 aliphatic rings. The standard InChI is InChI=1S/C15H10ClF3O3/c16-10-4-5-11(13(20)14(21)22)12(7-10)8-2-1-3-9(6-8)15(17,18)19/h1-7,13,20H,(H,21,22). The average molecular weight is 331 g/mol. The fourth-order valence-corrected chi connectivity index (χ4v) is 2.19. The van der Waals surface area contributed by atoms with Crippen LogP contribution in [0, 0.1) is 0 Å². The highest BCUT2D eigenvalue weighted by atomic mass is 35.5. The zero-order valence-electron chi connectivity index (χ0n) is 10.9. The Labute approximate surface area is 128 Å². The summed E-state index contributed by atoms with van der Waals surface area (Å²) in [6.07, 6.45) is -6.39. The highest BCUT2D eigenvalue weighted by Crippen LogP contribution is 2.35. The van der Waals surface area contributed by atoms with Crippen molar-refractivity contribution in [3.63, 3.8) is 0 Å². The molecule has 0 aromatic heterocycles. The van der Waals surface area contributed by atoms with Crippen molar-refractivity contribution in [2.24, 2.45) is 0 Å². The van der Waals surface area contributed by atoms with Gasteiger partial charge < -0.3 is 10.2 Å². The van der Waals surface area contributed by atoms with Gasteiger partial charge >= 0.3 is 12.1 Å².